The molecule has 0 bridgehead atoms. The number of hydrogen-bond donors (Lipinski definition) is 2. The molecule has 0 amide bonds. The van der Waals surface area contributed by atoms with E-state index in [-0.39, 0.29) is 0 Å². The fourth-order valence-corrected chi connectivity index (χ4v) is 2.56. The number of likely N-dealkylation sites (tertiary alicyclic amines) is 1. The highest BCUT2D eigenvalue weighted by Crippen LogP contribution is 2.19. The molecule has 116 valence electrons. The van der Waals surface area contributed by atoms with Crippen molar-refractivity contribution in [1.82, 2.24) is 4.90 Å². The lowest BCUT2D eigenvalue weighted by molar-refractivity contribution is -0.142. The van der Waals surface area contributed by atoms with Gasteiger partial charge < -0.3 is 20.5 Å². The van der Waals surface area contributed by atoms with Crippen molar-refractivity contribution < 1.29 is 14.6 Å². The lowest BCUT2D eigenvalue weighted by atomic mass is 10.0. The van der Waals surface area contributed by atoms with Gasteiger partial charge in [0, 0.05) is 19.6 Å². The zero-order valence-electron chi connectivity index (χ0n) is 12.8. The van der Waals surface area contributed by atoms with Gasteiger partial charge in [-0.25, -0.2) is 0 Å². The summed E-state index contributed by atoms with van der Waals surface area (Å²) in [4.78, 5) is 13.2. The van der Waals surface area contributed by atoms with Gasteiger partial charge in [-0.05, 0) is 49.9 Å². The predicted octanol–water partition coefficient (Wildman–Crippen LogP) is 1.56. The number of hydrogen-bond acceptors (Lipinski definition) is 4. The first-order valence-corrected chi connectivity index (χ1v) is 7.35. The highest BCUT2D eigenvalue weighted by Gasteiger charge is 2.40. The molecular weight excluding hydrogens is 268 g/mol. The molecule has 0 aromatic heterocycles. The summed E-state index contributed by atoms with van der Waals surface area (Å²) in [5, 5.41) is 9.08. The molecule has 0 radical (unpaired) electrons. The molecule has 1 unspecified atom stereocenters. The highest BCUT2D eigenvalue weighted by molar-refractivity contribution is 5.79. The molecule has 0 saturated carbocycles. The van der Waals surface area contributed by atoms with E-state index in [1.807, 2.05) is 12.1 Å². The second-order valence-corrected chi connectivity index (χ2v) is 5.94. The van der Waals surface area contributed by atoms with Crippen molar-refractivity contribution in [1.29, 1.82) is 0 Å². The van der Waals surface area contributed by atoms with Crippen molar-refractivity contribution in [3.63, 3.8) is 0 Å². The fourth-order valence-electron chi connectivity index (χ4n) is 2.56. The Balaban J connectivity index is 1.71. The fraction of sp³-hybridized carbons (Fsp3) is 0.562. The van der Waals surface area contributed by atoms with Crippen LogP contribution in [0.15, 0.2) is 18.2 Å². The molecule has 5 nitrogen and oxygen atoms in total. The third kappa shape index (κ3) is 3.95. The number of ether oxygens (including phenoxy) is 1. The monoisotopic (exact) mass is 292 g/mol. The van der Waals surface area contributed by atoms with Gasteiger partial charge in [-0.3, -0.25) is 4.79 Å². The Morgan fingerprint density at radius 1 is 1.43 bits per heavy atom. The van der Waals surface area contributed by atoms with Gasteiger partial charge in [0.15, 0.2) is 0 Å². The minimum atomic E-state index is -1.07. The van der Waals surface area contributed by atoms with E-state index in [0.29, 0.717) is 19.6 Å². The summed E-state index contributed by atoms with van der Waals surface area (Å²) >= 11 is 0. The first-order chi connectivity index (χ1) is 9.90. The lowest BCUT2D eigenvalue weighted by Gasteiger charge is -2.20. The van der Waals surface area contributed by atoms with Crippen LogP contribution in [0.2, 0.25) is 0 Å². The largest absolute Gasteiger partial charge is 0.494 e. The highest BCUT2D eigenvalue weighted by atomic mass is 16.5. The van der Waals surface area contributed by atoms with Crippen LogP contribution in [-0.4, -0.2) is 47.8 Å². The van der Waals surface area contributed by atoms with Gasteiger partial charge in [0.05, 0.1) is 6.61 Å². The normalized spacial score (nSPS) is 22.4. The van der Waals surface area contributed by atoms with Gasteiger partial charge in [-0.2, -0.15) is 0 Å². The molecule has 1 aliphatic heterocycles. The Hall–Kier alpha value is -1.59. The number of rotatable bonds is 6. The second kappa shape index (κ2) is 6.45. The molecule has 21 heavy (non-hydrogen) atoms. The number of aliphatic carboxylic acids is 1. The van der Waals surface area contributed by atoms with Crippen LogP contribution in [-0.2, 0) is 4.79 Å². The molecule has 1 fully saturated rings. The van der Waals surface area contributed by atoms with E-state index in [1.165, 1.54) is 11.1 Å². The van der Waals surface area contributed by atoms with Crippen molar-refractivity contribution in [2.45, 2.75) is 32.2 Å². The van der Waals surface area contributed by atoms with Crippen LogP contribution in [0.4, 0.5) is 0 Å². The van der Waals surface area contributed by atoms with Gasteiger partial charge >= 0.3 is 5.97 Å². The van der Waals surface area contributed by atoms with Crippen molar-refractivity contribution in [2.75, 3.05) is 26.2 Å². The number of carbonyl (C=O) groups is 1. The summed E-state index contributed by atoms with van der Waals surface area (Å²) in [6.07, 6.45) is 1.38. The van der Waals surface area contributed by atoms with E-state index in [1.54, 1.807) is 0 Å². The van der Waals surface area contributed by atoms with Crippen LogP contribution >= 0.6 is 0 Å². The van der Waals surface area contributed by atoms with Crippen LogP contribution in [0.25, 0.3) is 0 Å². The van der Waals surface area contributed by atoms with E-state index in [9.17, 15) is 4.79 Å². The third-order valence-corrected chi connectivity index (χ3v) is 4.17. The summed E-state index contributed by atoms with van der Waals surface area (Å²) in [6.45, 7) is 6.76. The van der Waals surface area contributed by atoms with Gasteiger partial charge in [0.1, 0.15) is 11.3 Å². The zero-order valence-corrected chi connectivity index (χ0v) is 12.8. The smallest absolute Gasteiger partial charge is 0.325 e. The average Bonchev–Trinajstić information content (AvgIpc) is 2.82. The number of benzene rings is 1. The summed E-state index contributed by atoms with van der Waals surface area (Å²) in [5.74, 6) is -0.0189. The lowest BCUT2D eigenvalue weighted by Crippen LogP contribution is -2.50. The Morgan fingerprint density at radius 2 is 2.19 bits per heavy atom. The number of aryl methyl sites for hydroxylation is 2. The topological polar surface area (TPSA) is 75.8 Å². The molecule has 1 aliphatic rings. The van der Waals surface area contributed by atoms with Crippen molar-refractivity contribution in [3.8, 4) is 5.75 Å². The molecule has 3 N–H and O–H groups in total. The molecule has 5 heteroatoms. The first-order valence-electron chi connectivity index (χ1n) is 7.35. The van der Waals surface area contributed by atoms with E-state index >= 15 is 0 Å². The van der Waals surface area contributed by atoms with Crippen molar-refractivity contribution in [2.24, 2.45) is 5.73 Å². The molecule has 2 rings (SSSR count). The first kappa shape index (κ1) is 15.8. The van der Waals surface area contributed by atoms with Crippen LogP contribution in [0, 0.1) is 13.8 Å². The predicted molar refractivity (Wildman–Crippen MR) is 81.6 cm³/mol. The molecule has 1 atom stereocenters. The van der Waals surface area contributed by atoms with Crippen LogP contribution in [0.1, 0.15) is 24.0 Å². The number of carboxylic acids is 1. The van der Waals surface area contributed by atoms with Crippen molar-refractivity contribution in [3.05, 3.63) is 29.3 Å². The Labute approximate surface area is 125 Å². The zero-order chi connectivity index (χ0) is 15.5. The van der Waals surface area contributed by atoms with E-state index in [2.05, 4.69) is 24.8 Å². The average molecular weight is 292 g/mol. The van der Waals surface area contributed by atoms with Gasteiger partial charge in [0.2, 0.25) is 0 Å². The molecule has 1 heterocycles. The summed E-state index contributed by atoms with van der Waals surface area (Å²) in [6, 6.07) is 6.08. The van der Waals surface area contributed by atoms with E-state index in [0.717, 1.165) is 25.3 Å². The quantitative estimate of drug-likeness (QED) is 0.778. The molecule has 1 aromatic rings. The Kier molecular flexibility index (Phi) is 4.85. The molecule has 1 saturated heterocycles. The number of nitrogens with zero attached hydrogens (tertiary/aromatic N) is 1. The molecule has 0 aliphatic carbocycles. The SMILES string of the molecule is Cc1ccc(OCCCN2CCC(N)(C(=O)O)C2)cc1C. The van der Waals surface area contributed by atoms with Crippen LogP contribution in [0.3, 0.4) is 0 Å². The Bertz CT molecular complexity index is 518. The van der Waals surface area contributed by atoms with Gasteiger partial charge in [-0.15, -0.1) is 0 Å². The number of carboxylic acid groups (broad SMARTS) is 1. The summed E-state index contributed by atoms with van der Waals surface area (Å²) in [5.41, 5.74) is 7.25. The Morgan fingerprint density at radius 3 is 2.81 bits per heavy atom. The summed E-state index contributed by atoms with van der Waals surface area (Å²) in [7, 11) is 0. The third-order valence-electron chi connectivity index (χ3n) is 4.17. The van der Waals surface area contributed by atoms with E-state index < -0.39 is 11.5 Å². The number of nitrogens with two attached hydrogens (primary N) is 1. The van der Waals surface area contributed by atoms with Gasteiger partial charge in [0.25, 0.3) is 0 Å². The van der Waals surface area contributed by atoms with Crippen LogP contribution in [0.5, 0.6) is 5.75 Å². The molecule has 0 spiro atoms. The van der Waals surface area contributed by atoms with Gasteiger partial charge in [-0.1, -0.05) is 6.07 Å². The maximum atomic E-state index is 11.1. The van der Waals surface area contributed by atoms with E-state index in [4.69, 9.17) is 15.6 Å². The molecular formula is C16H24N2O3. The standard InChI is InChI=1S/C16H24N2O3/c1-12-4-5-14(10-13(12)2)21-9-3-7-18-8-6-16(17,11-18)15(19)20/h4-5,10H,3,6-9,11,17H2,1-2H3,(H,19,20). The van der Waals surface area contributed by atoms with Crippen LogP contribution < -0.4 is 10.5 Å². The maximum Gasteiger partial charge on any atom is 0.325 e. The molecule has 1 aromatic carbocycles. The van der Waals surface area contributed by atoms with Crippen molar-refractivity contribution >= 4 is 5.97 Å². The summed E-state index contributed by atoms with van der Waals surface area (Å²) < 4.78 is 5.73. The minimum Gasteiger partial charge on any atom is -0.494 e. The maximum absolute atomic E-state index is 11.1. The second-order valence-electron chi connectivity index (χ2n) is 5.94. The minimum absolute atomic E-state index is 0.423.